The molecule has 3 aromatic carbocycles. The second-order valence-corrected chi connectivity index (χ2v) is 10.5. The lowest BCUT2D eigenvalue weighted by molar-refractivity contribution is -0.138. The third kappa shape index (κ3) is 5.92. The van der Waals surface area contributed by atoms with Crippen LogP contribution in [0.1, 0.15) is 51.9 Å². The number of nitrogens with one attached hydrogen (secondary N) is 1. The highest BCUT2D eigenvalue weighted by Gasteiger charge is 2.34. The van der Waals surface area contributed by atoms with E-state index >= 15 is 8.78 Å². The maximum atomic E-state index is 15.7. The standard InChI is InChI=1S/C32H25F5N2O5/c1-16-4-3-5-25-28(16)19-10-17(2)29(34)22(12-19)24(14-27(41)42)38-31(43)30(21-11-18(15-44-25)6-7-23(21)33)39-9-8-20(13-26(39)40)32(35,36)37/h3-13,24,30H,14-15H2,1-2H3,(H,38,43)(H,41,42)/t24-,30-/m0/s1. The normalized spacial score (nSPS) is 16.8. The first-order chi connectivity index (χ1) is 20.7. The molecular weight excluding hydrogens is 587 g/mol. The Labute approximate surface area is 247 Å². The number of ether oxygens (including phenoxy) is 1. The summed E-state index contributed by atoms with van der Waals surface area (Å²) in [6, 6.07) is 9.23. The first-order valence-corrected chi connectivity index (χ1v) is 13.4. The van der Waals surface area contributed by atoms with E-state index in [4.69, 9.17) is 4.74 Å². The number of carbonyl (C=O) groups is 2. The molecule has 0 spiro atoms. The molecule has 2 N–H and O–H groups in total. The van der Waals surface area contributed by atoms with Gasteiger partial charge in [-0.25, -0.2) is 8.78 Å². The molecule has 1 amide bonds. The van der Waals surface area contributed by atoms with Crippen LogP contribution in [0, 0.1) is 25.5 Å². The zero-order valence-corrected chi connectivity index (χ0v) is 23.3. The van der Waals surface area contributed by atoms with Gasteiger partial charge in [0, 0.05) is 29.0 Å². The van der Waals surface area contributed by atoms with E-state index in [1.54, 1.807) is 18.2 Å². The van der Waals surface area contributed by atoms with Crippen LogP contribution < -0.4 is 15.6 Å². The Balaban J connectivity index is 1.77. The van der Waals surface area contributed by atoms with Crippen LogP contribution in [0.4, 0.5) is 22.0 Å². The number of alkyl halides is 3. The molecule has 0 fully saturated rings. The van der Waals surface area contributed by atoms with Gasteiger partial charge in [0.2, 0.25) is 5.91 Å². The number of carboxylic acids is 1. The summed E-state index contributed by atoms with van der Waals surface area (Å²) in [5.74, 6) is -3.94. The maximum absolute atomic E-state index is 15.7. The minimum absolute atomic E-state index is 0.130. The predicted octanol–water partition coefficient (Wildman–Crippen LogP) is 6.24. The molecule has 2 heterocycles. The lowest BCUT2D eigenvalue weighted by atomic mass is 9.91. The van der Waals surface area contributed by atoms with E-state index < -0.39 is 64.9 Å². The van der Waals surface area contributed by atoms with Crippen molar-refractivity contribution in [2.45, 2.75) is 45.1 Å². The minimum atomic E-state index is -4.87. The highest BCUT2D eigenvalue weighted by atomic mass is 19.4. The van der Waals surface area contributed by atoms with Crippen molar-refractivity contribution in [1.29, 1.82) is 0 Å². The van der Waals surface area contributed by atoms with Gasteiger partial charge in [-0.3, -0.25) is 19.0 Å². The molecule has 0 saturated heterocycles. The lowest BCUT2D eigenvalue weighted by Crippen LogP contribution is -2.41. The van der Waals surface area contributed by atoms with Gasteiger partial charge in [0.25, 0.3) is 5.56 Å². The molecule has 0 radical (unpaired) electrons. The smallest absolute Gasteiger partial charge is 0.416 e. The number of aliphatic carboxylic acids is 1. The highest BCUT2D eigenvalue weighted by Crippen LogP contribution is 2.38. The van der Waals surface area contributed by atoms with E-state index in [-0.39, 0.29) is 23.8 Å². The van der Waals surface area contributed by atoms with Crippen LogP contribution in [0.2, 0.25) is 0 Å². The summed E-state index contributed by atoms with van der Waals surface area (Å²) in [4.78, 5) is 38.8. The van der Waals surface area contributed by atoms with Gasteiger partial charge in [0.05, 0.1) is 18.0 Å². The average molecular weight is 613 g/mol. The fourth-order valence-electron chi connectivity index (χ4n) is 5.34. The fourth-order valence-corrected chi connectivity index (χ4v) is 5.34. The molecule has 0 aliphatic carbocycles. The van der Waals surface area contributed by atoms with Crippen LogP contribution in [-0.2, 0) is 22.4 Å². The number of rotatable bonds is 3. The number of hydrogen-bond donors (Lipinski definition) is 2. The Bertz CT molecular complexity index is 1850. The van der Waals surface area contributed by atoms with Crippen molar-refractivity contribution in [2.75, 3.05) is 0 Å². The van der Waals surface area contributed by atoms with Gasteiger partial charge in [-0.1, -0.05) is 18.2 Å². The van der Waals surface area contributed by atoms with Gasteiger partial charge in [0.1, 0.15) is 30.0 Å². The van der Waals surface area contributed by atoms with Gasteiger partial charge in [0.15, 0.2) is 0 Å². The fraction of sp³-hybridized carbons (Fsp3) is 0.219. The second-order valence-electron chi connectivity index (χ2n) is 10.5. The SMILES string of the molecule is Cc1cc2cc(c1F)[C@H](CC(=O)O)NC(=O)[C@@H](n1ccc(C(F)(F)F)cc1=O)c1cc(ccc1F)COc1cccc(C)c1-2. The number of hydrogen-bond acceptors (Lipinski definition) is 4. The number of nitrogens with zero attached hydrogens (tertiary/aromatic N) is 1. The van der Waals surface area contributed by atoms with Gasteiger partial charge in [-0.2, -0.15) is 13.2 Å². The summed E-state index contributed by atoms with van der Waals surface area (Å²) in [5.41, 5.74) is -0.833. The Kier molecular flexibility index (Phi) is 8.02. The van der Waals surface area contributed by atoms with Crippen molar-refractivity contribution in [2.24, 2.45) is 0 Å². The number of amides is 1. The summed E-state index contributed by atoms with van der Waals surface area (Å²) >= 11 is 0. The predicted molar refractivity (Wildman–Crippen MR) is 149 cm³/mol. The van der Waals surface area contributed by atoms with Gasteiger partial charge in [-0.05, 0) is 72.5 Å². The Morgan fingerprint density at radius 1 is 1.00 bits per heavy atom. The van der Waals surface area contributed by atoms with Crippen molar-refractivity contribution < 1.29 is 41.4 Å². The Morgan fingerprint density at radius 2 is 1.75 bits per heavy atom. The minimum Gasteiger partial charge on any atom is -0.488 e. The molecular formula is C32H25F5N2O5. The Morgan fingerprint density at radius 3 is 2.43 bits per heavy atom. The van der Waals surface area contributed by atoms with E-state index in [9.17, 15) is 32.7 Å². The molecule has 0 saturated carbocycles. The van der Waals surface area contributed by atoms with Gasteiger partial charge < -0.3 is 15.2 Å². The molecule has 1 aliphatic heterocycles. The zero-order valence-electron chi connectivity index (χ0n) is 23.3. The van der Waals surface area contributed by atoms with Gasteiger partial charge in [-0.15, -0.1) is 0 Å². The van der Waals surface area contributed by atoms with E-state index in [0.29, 0.717) is 39.3 Å². The topological polar surface area (TPSA) is 97.6 Å². The maximum Gasteiger partial charge on any atom is 0.416 e. The monoisotopic (exact) mass is 612 g/mol. The van der Waals surface area contributed by atoms with Crippen molar-refractivity contribution >= 4 is 11.9 Å². The van der Waals surface area contributed by atoms with Crippen molar-refractivity contribution in [3.05, 3.63) is 122 Å². The Hall–Kier alpha value is -5.00. The van der Waals surface area contributed by atoms with Crippen LogP contribution in [0.25, 0.3) is 11.1 Å². The number of pyridine rings is 1. The number of aryl methyl sites for hydroxylation is 2. The number of carbonyl (C=O) groups excluding carboxylic acids is 1. The molecule has 228 valence electrons. The van der Waals surface area contributed by atoms with E-state index in [1.165, 1.54) is 25.1 Å². The highest BCUT2D eigenvalue weighted by molar-refractivity contribution is 5.85. The van der Waals surface area contributed by atoms with Crippen molar-refractivity contribution in [3.63, 3.8) is 0 Å². The van der Waals surface area contributed by atoms with Crippen LogP contribution >= 0.6 is 0 Å². The van der Waals surface area contributed by atoms with Crippen LogP contribution in [0.5, 0.6) is 5.75 Å². The summed E-state index contributed by atoms with van der Waals surface area (Å²) in [6.07, 6.45) is -4.97. The lowest BCUT2D eigenvalue weighted by Gasteiger charge is -2.26. The number of carboxylic acid groups (broad SMARTS) is 1. The van der Waals surface area contributed by atoms with E-state index in [2.05, 4.69) is 5.32 Å². The van der Waals surface area contributed by atoms with Crippen molar-refractivity contribution in [1.82, 2.24) is 9.88 Å². The first-order valence-electron chi connectivity index (χ1n) is 13.4. The largest absolute Gasteiger partial charge is 0.488 e. The molecule has 2 atom stereocenters. The quantitative estimate of drug-likeness (QED) is 0.267. The average Bonchev–Trinajstić information content (AvgIpc) is 2.94. The molecule has 4 aromatic rings. The van der Waals surface area contributed by atoms with Crippen LogP contribution in [-0.4, -0.2) is 21.6 Å². The zero-order chi connectivity index (χ0) is 31.9. The van der Waals surface area contributed by atoms with Gasteiger partial charge >= 0.3 is 12.1 Å². The number of aromatic nitrogens is 1. The number of benzene rings is 3. The third-order valence-electron chi connectivity index (χ3n) is 7.43. The molecule has 5 rings (SSSR count). The first kappa shape index (κ1) is 30.5. The van der Waals surface area contributed by atoms with E-state index in [1.807, 2.05) is 13.0 Å². The molecule has 1 aromatic heterocycles. The summed E-state index contributed by atoms with van der Waals surface area (Å²) < 4.78 is 77.7. The summed E-state index contributed by atoms with van der Waals surface area (Å²) in [7, 11) is 0. The van der Waals surface area contributed by atoms with Crippen LogP contribution in [0.3, 0.4) is 0 Å². The number of fused-ring (bicyclic) bond motifs is 6. The van der Waals surface area contributed by atoms with E-state index in [0.717, 1.165) is 11.6 Å². The number of halogens is 5. The third-order valence-corrected chi connectivity index (χ3v) is 7.43. The summed E-state index contributed by atoms with van der Waals surface area (Å²) in [5, 5.41) is 12.1. The summed E-state index contributed by atoms with van der Waals surface area (Å²) in [6.45, 7) is 3.14. The molecule has 4 bridgehead atoms. The molecule has 1 aliphatic rings. The second kappa shape index (κ2) is 11.6. The molecule has 7 nitrogen and oxygen atoms in total. The van der Waals surface area contributed by atoms with Crippen LogP contribution in [0.15, 0.2) is 71.7 Å². The van der Waals surface area contributed by atoms with Crippen molar-refractivity contribution in [3.8, 4) is 16.9 Å². The molecule has 12 heteroatoms. The molecule has 44 heavy (non-hydrogen) atoms. The molecule has 0 unspecified atom stereocenters.